The minimum atomic E-state index is -0.845. The second kappa shape index (κ2) is 8.84. The van der Waals surface area contributed by atoms with Crippen LogP contribution >= 0.6 is 0 Å². The molecule has 3 atom stereocenters. The number of nitrogens with zero attached hydrogens (tertiary/aromatic N) is 2. The van der Waals surface area contributed by atoms with E-state index in [1.54, 1.807) is 0 Å². The number of hydrogen-bond acceptors (Lipinski definition) is 4. The number of rotatable bonds is 7. The summed E-state index contributed by atoms with van der Waals surface area (Å²) >= 11 is 0. The number of morpholine rings is 1. The minimum absolute atomic E-state index is 0.377. The van der Waals surface area contributed by atoms with Gasteiger partial charge in [-0.3, -0.25) is 9.89 Å². The van der Waals surface area contributed by atoms with E-state index < -0.39 is 5.60 Å². The molecule has 1 aliphatic carbocycles. The Kier molecular flexibility index (Phi) is 6.51. The molecule has 0 bridgehead atoms. The summed E-state index contributed by atoms with van der Waals surface area (Å²) in [6.07, 6.45) is 1.12. The Balaban J connectivity index is 1.52. The van der Waals surface area contributed by atoms with Crippen LogP contribution in [0.4, 0.5) is 0 Å². The highest BCUT2D eigenvalue weighted by atomic mass is 16.5. The van der Waals surface area contributed by atoms with Gasteiger partial charge in [0.2, 0.25) is 0 Å². The molecule has 1 saturated carbocycles. The zero-order valence-electron chi connectivity index (χ0n) is 15.9. The lowest BCUT2D eigenvalue weighted by molar-refractivity contribution is -0.0180. The smallest absolute Gasteiger partial charge is 0.191 e. The van der Waals surface area contributed by atoms with Gasteiger partial charge in [0.1, 0.15) is 0 Å². The standard InChI is InChI=1S/C20H32N4O2/c1-3-21-19(23-18-13-17(18)16-7-5-4-6-8-16)22-14-20(2,25)15-24-9-11-26-12-10-24/h4-8,17-18,25H,3,9-15H2,1-2H3,(H2,21,22,23). The molecule has 0 spiro atoms. The molecule has 144 valence electrons. The number of aliphatic hydroxyl groups is 1. The van der Waals surface area contributed by atoms with Crippen molar-refractivity contribution in [3.8, 4) is 0 Å². The van der Waals surface area contributed by atoms with Crippen LogP contribution in [0.2, 0.25) is 0 Å². The lowest BCUT2D eigenvalue weighted by atomic mass is 10.1. The van der Waals surface area contributed by atoms with E-state index in [4.69, 9.17) is 4.74 Å². The molecule has 6 heteroatoms. The van der Waals surface area contributed by atoms with Crippen molar-refractivity contribution < 1.29 is 9.84 Å². The normalized spacial score (nSPS) is 26.2. The first-order valence-electron chi connectivity index (χ1n) is 9.70. The van der Waals surface area contributed by atoms with E-state index in [2.05, 4.69) is 57.8 Å². The third kappa shape index (κ3) is 5.69. The molecule has 26 heavy (non-hydrogen) atoms. The molecule has 1 heterocycles. The fourth-order valence-corrected chi connectivity index (χ4v) is 3.46. The van der Waals surface area contributed by atoms with Gasteiger partial charge < -0.3 is 20.5 Å². The molecule has 0 radical (unpaired) electrons. The molecule has 0 amide bonds. The molecule has 0 aromatic heterocycles. The Morgan fingerprint density at radius 3 is 2.73 bits per heavy atom. The monoisotopic (exact) mass is 360 g/mol. The van der Waals surface area contributed by atoms with Gasteiger partial charge in [-0.25, -0.2) is 0 Å². The van der Waals surface area contributed by atoms with E-state index in [9.17, 15) is 5.11 Å². The highest BCUT2D eigenvalue weighted by molar-refractivity contribution is 5.80. The van der Waals surface area contributed by atoms with Gasteiger partial charge in [0, 0.05) is 38.1 Å². The van der Waals surface area contributed by atoms with Gasteiger partial charge in [-0.2, -0.15) is 0 Å². The fourth-order valence-electron chi connectivity index (χ4n) is 3.46. The molecule has 3 N–H and O–H groups in total. The van der Waals surface area contributed by atoms with Crippen molar-refractivity contribution in [2.24, 2.45) is 4.99 Å². The van der Waals surface area contributed by atoms with Crippen LogP contribution in [0, 0.1) is 0 Å². The van der Waals surface area contributed by atoms with Gasteiger partial charge in [-0.1, -0.05) is 30.3 Å². The van der Waals surface area contributed by atoms with Crippen LogP contribution in [0.1, 0.15) is 31.7 Å². The summed E-state index contributed by atoms with van der Waals surface area (Å²) in [7, 11) is 0. The lowest BCUT2D eigenvalue weighted by Crippen LogP contribution is -2.48. The van der Waals surface area contributed by atoms with Crippen LogP contribution in [-0.2, 0) is 4.74 Å². The summed E-state index contributed by atoms with van der Waals surface area (Å²) in [5, 5.41) is 17.5. The van der Waals surface area contributed by atoms with Crippen LogP contribution < -0.4 is 10.6 Å². The Hall–Kier alpha value is -1.63. The van der Waals surface area contributed by atoms with Crippen LogP contribution in [0.5, 0.6) is 0 Å². The Bertz CT molecular complexity index is 585. The molecule has 1 aliphatic heterocycles. The Morgan fingerprint density at radius 2 is 2.04 bits per heavy atom. The molecular formula is C20H32N4O2. The maximum absolute atomic E-state index is 10.7. The quantitative estimate of drug-likeness (QED) is 0.503. The summed E-state index contributed by atoms with van der Waals surface area (Å²) in [4.78, 5) is 6.89. The molecule has 3 rings (SSSR count). The third-order valence-corrected chi connectivity index (χ3v) is 4.93. The van der Waals surface area contributed by atoms with E-state index in [-0.39, 0.29) is 0 Å². The predicted molar refractivity (Wildman–Crippen MR) is 105 cm³/mol. The SMILES string of the molecule is CCNC(=NCC(C)(O)CN1CCOCC1)NC1CC1c1ccccc1. The number of ether oxygens (including phenoxy) is 1. The number of guanidine groups is 1. The average Bonchev–Trinajstić information content (AvgIpc) is 3.40. The fraction of sp³-hybridized carbons (Fsp3) is 0.650. The first kappa shape index (κ1) is 19.1. The largest absolute Gasteiger partial charge is 0.387 e. The van der Waals surface area contributed by atoms with E-state index in [0.29, 0.717) is 25.0 Å². The van der Waals surface area contributed by atoms with Gasteiger partial charge in [0.25, 0.3) is 0 Å². The van der Waals surface area contributed by atoms with E-state index in [1.165, 1.54) is 5.56 Å². The number of hydrogen-bond donors (Lipinski definition) is 3. The van der Waals surface area contributed by atoms with Crippen LogP contribution in [-0.4, -0.2) is 73.5 Å². The van der Waals surface area contributed by atoms with Crippen molar-refractivity contribution >= 4 is 5.96 Å². The first-order valence-corrected chi connectivity index (χ1v) is 9.70. The second-order valence-corrected chi connectivity index (χ2v) is 7.58. The Morgan fingerprint density at radius 1 is 1.31 bits per heavy atom. The lowest BCUT2D eigenvalue weighted by Gasteiger charge is -2.33. The molecule has 2 aliphatic rings. The maximum Gasteiger partial charge on any atom is 0.191 e. The van der Waals surface area contributed by atoms with Gasteiger partial charge in [0.15, 0.2) is 5.96 Å². The van der Waals surface area contributed by atoms with Crippen molar-refractivity contribution in [1.82, 2.24) is 15.5 Å². The molecule has 1 aromatic rings. The van der Waals surface area contributed by atoms with Crippen molar-refractivity contribution in [2.45, 2.75) is 37.8 Å². The number of aliphatic imine (C=N–C) groups is 1. The van der Waals surface area contributed by atoms with Crippen molar-refractivity contribution in [2.75, 3.05) is 45.9 Å². The van der Waals surface area contributed by atoms with Gasteiger partial charge in [-0.15, -0.1) is 0 Å². The number of nitrogens with one attached hydrogen (secondary N) is 2. The van der Waals surface area contributed by atoms with Crippen molar-refractivity contribution in [3.05, 3.63) is 35.9 Å². The third-order valence-electron chi connectivity index (χ3n) is 4.93. The predicted octanol–water partition coefficient (Wildman–Crippen LogP) is 1.18. The van der Waals surface area contributed by atoms with Crippen LogP contribution in [0.3, 0.4) is 0 Å². The zero-order chi connectivity index (χ0) is 18.4. The first-order chi connectivity index (χ1) is 12.6. The topological polar surface area (TPSA) is 69.1 Å². The summed E-state index contributed by atoms with van der Waals surface area (Å²) in [5.41, 5.74) is 0.530. The molecule has 1 saturated heterocycles. The Labute approximate surface area is 156 Å². The highest BCUT2D eigenvalue weighted by Crippen LogP contribution is 2.40. The van der Waals surface area contributed by atoms with Gasteiger partial charge in [-0.05, 0) is 25.8 Å². The minimum Gasteiger partial charge on any atom is -0.387 e. The molecule has 2 fully saturated rings. The molecule has 3 unspecified atom stereocenters. The van der Waals surface area contributed by atoms with Crippen molar-refractivity contribution in [1.29, 1.82) is 0 Å². The second-order valence-electron chi connectivity index (χ2n) is 7.58. The number of β-amino-alcohol motifs (C(OH)–C–C–N with tert-alkyl or cyclic N) is 1. The molecular weight excluding hydrogens is 328 g/mol. The molecule has 1 aromatic carbocycles. The van der Waals surface area contributed by atoms with E-state index in [1.807, 2.05) is 6.92 Å². The van der Waals surface area contributed by atoms with Crippen LogP contribution in [0.25, 0.3) is 0 Å². The summed E-state index contributed by atoms with van der Waals surface area (Å²) < 4.78 is 5.37. The molecule has 6 nitrogen and oxygen atoms in total. The van der Waals surface area contributed by atoms with Gasteiger partial charge in [0.05, 0.1) is 25.4 Å². The summed E-state index contributed by atoms with van der Waals surface area (Å²) in [6.45, 7) is 8.96. The summed E-state index contributed by atoms with van der Waals surface area (Å²) in [6, 6.07) is 11.0. The highest BCUT2D eigenvalue weighted by Gasteiger charge is 2.39. The maximum atomic E-state index is 10.7. The van der Waals surface area contributed by atoms with Gasteiger partial charge >= 0.3 is 0 Å². The zero-order valence-corrected chi connectivity index (χ0v) is 15.9. The van der Waals surface area contributed by atoms with Crippen LogP contribution in [0.15, 0.2) is 35.3 Å². The van der Waals surface area contributed by atoms with Crippen molar-refractivity contribution in [3.63, 3.8) is 0 Å². The number of benzene rings is 1. The van der Waals surface area contributed by atoms with E-state index in [0.717, 1.165) is 45.2 Å². The average molecular weight is 361 g/mol. The summed E-state index contributed by atoms with van der Waals surface area (Å²) in [5.74, 6) is 1.34. The van der Waals surface area contributed by atoms with E-state index >= 15 is 0 Å².